The van der Waals surface area contributed by atoms with Gasteiger partial charge in [0.05, 0.1) is 34.4 Å². The molecule has 0 aliphatic rings. The average molecular weight is 1130 g/mol. The van der Waals surface area contributed by atoms with E-state index in [1.54, 1.807) is 12.1 Å². The van der Waals surface area contributed by atoms with Crippen LogP contribution in [0.3, 0.4) is 0 Å². The number of esters is 4. The van der Waals surface area contributed by atoms with Gasteiger partial charge in [-0.15, -0.1) is 0 Å². The third-order valence-electron chi connectivity index (χ3n) is 7.23. The molecule has 1 aromatic rings. The normalized spacial score (nSPS) is 12.4. The van der Waals surface area contributed by atoms with Crippen molar-refractivity contribution in [3.8, 4) is 5.75 Å². The molecule has 0 bridgehead atoms. The third kappa shape index (κ3) is 42.2. The number of aliphatic hydroxyl groups is 1. The van der Waals surface area contributed by atoms with Crippen LogP contribution in [-0.2, 0) is 74.4 Å². The topological polar surface area (TPSA) is 236 Å². The Morgan fingerprint density at radius 3 is 1.27 bits per heavy atom. The lowest BCUT2D eigenvalue weighted by molar-refractivity contribution is -0.143. The summed E-state index contributed by atoms with van der Waals surface area (Å²) >= 11 is 11.0. The van der Waals surface area contributed by atoms with Crippen LogP contribution in [0.5, 0.6) is 5.75 Å². The lowest BCUT2D eigenvalue weighted by Gasteiger charge is -2.35. The first-order chi connectivity index (χ1) is 33.7. The zero-order valence-corrected chi connectivity index (χ0v) is 47.1. The second-order valence-electron chi connectivity index (χ2n) is 14.1. The summed E-state index contributed by atoms with van der Waals surface area (Å²) in [7, 11) is -2.33. The Bertz CT molecular complexity index is 1680. The van der Waals surface area contributed by atoms with Crippen molar-refractivity contribution in [3.05, 3.63) is 64.6 Å². The molecule has 0 radical (unpaired) electrons. The number of nitrogens with zero attached hydrogens (tertiary/aromatic N) is 5. The molecule has 0 fully saturated rings. The number of aliphatic hydroxyl groups excluding tert-OH is 1. The number of hydrogen-bond donors (Lipinski definition) is 1. The molecular formula is C42H69Cl2N5O18P4. The van der Waals surface area contributed by atoms with Gasteiger partial charge in [0.2, 0.25) is 19.6 Å². The molecule has 0 amide bonds. The summed E-state index contributed by atoms with van der Waals surface area (Å²) in [5.41, 5.74) is 0. The zero-order valence-electron chi connectivity index (χ0n) is 42.1. The molecule has 0 aliphatic carbocycles. The molecule has 0 aromatic heterocycles. The maximum Gasteiger partial charge on any atom is 0.332 e. The van der Waals surface area contributed by atoms with Crippen molar-refractivity contribution >= 4 is 84.7 Å². The Labute approximate surface area is 433 Å². The van der Waals surface area contributed by atoms with Crippen molar-refractivity contribution < 1.29 is 84.2 Å². The van der Waals surface area contributed by atoms with Gasteiger partial charge in [-0.1, -0.05) is 18.2 Å². The highest BCUT2D eigenvalue weighted by Crippen LogP contribution is 2.47. The molecule has 4 atom stereocenters. The molecule has 0 heterocycles. The second kappa shape index (κ2) is 48.1. The molecule has 4 unspecified atom stereocenters. The van der Waals surface area contributed by atoms with Crippen molar-refractivity contribution in [1.82, 2.24) is 9.34 Å². The maximum atomic E-state index is 11.9. The quantitative estimate of drug-likeness (QED) is 0.0173. The summed E-state index contributed by atoms with van der Waals surface area (Å²) in [6, 6.07) is 9.86. The van der Waals surface area contributed by atoms with E-state index in [1.165, 1.54) is 21.3 Å². The molecule has 0 spiro atoms. The van der Waals surface area contributed by atoms with Gasteiger partial charge in [-0.2, -0.15) is 0 Å². The first-order valence-corrected chi connectivity index (χ1v) is 27.8. The minimum atomic E-state index is -1.82. The predicted molar refractivity (Wildman–Crippen MR) is 270 cm³/mol. The minimum Gasteiger partial charge on any atom is -0.467 e. The van der Waals surface area contributed by atoms with Crippen LogP contribution < -0.4 is 4.74 Å². The molecule has 404 valence electrons. The molecule has 1 aromatic carbocycles. The van der Waals surface area contributed by atoms with E-state index in [0.29, 0.717) is 25.5 Å². The predicted octanol–water partition coefficient (Wildman–Crippen LogP) is 8.54. The van der Waals surface area contributed by atoms with Gasteiger partial charge in [-0.3, -0.25) is 9.59 Å². The van der Waals surface area contributed by atoms with E-state index in [-0.39, 0.29) is 89.3 Å². The Hall–Kier alpha value is -2.90. The first-order valence-electron chi connectivity index (χ1n) is 21.4. The number of carbonyl (C=O) groups excluding carboxylic acids is 5. The summed E-state index contributed by atoms with van der Waals surface area (Å²) in [5, 5.41) is 8.32. The van der Waals surface area contributed by atoms with E-state index in [1.807, 2.05) is 45.9 Å². The van der Waals surface area contributed by atoms with E-state index >= 15 is 0 Å². The van der Waals surface area contributed by atoms with Crippen LogP contribution in [0.25, 0.3) is 14.5 Å². The fourth-order valence-electron chi connectivity index (χ4n) is 4.39. The smallest absolute Gasteiger partial charge is 0.332 e. The third-order valence-corrected chi connectivity index (χ3v) is 13.9. The van der Waals surface area contributed by atoms with Gasteiger partial charge < -0.3 is 74.8 Å². The van der Waals surface area contributed by atoms with Crippen molar-refractivity contribution in [2.75, 3.05) is 100 Å². The largest absolute Gasteiger partial charge is 0.467 e. The minimum absolute atomic E-state index is 0.143. The first kappa shape index (κ1) is 72.3. The van der Waals surface area contributed by atoms with Gasteiger partial charge in [0.15, 0.2) is 25.6 Å². The van der Waals surface area contributed by atoms with Crippen LogP contribution in [0.2, 0.25) is 0 Å². The van der Waals surface area contributed by atoms with E-state index in [4.69, 9.17) is 79.2 Å². The number of benzene rings is 1. The van der Waals surface area contributed by atoms with Gasteiger partial charge in [0.25, 0.3) is 32.5 Å². The Kier molecular flexibility index (Phi) is 49.0. The molecule has 23 nitrogen and oxygen atoms in total. The summed E-state index contributed by atoms with van der Waals surface area (Å²) in [4.78, 5) is 64.3. The van der Waals surface area contributed by atoms with Gasteiger partial charge in [0, 0.05) is 24.2 Å². The van der Waals surface area contributed by atoms with Gasteiger partial charge >= 0.3 is 23.9 Å². The van der Waals surface area contributed by atoms with Gasteiger partial charge in [-0.05, 0) is 90.0 Å². The van der Waals surface area contributed by atoms with Crippen molar-refractivity contribution in [1.29, 1.82) is 0 Å². The Morgan fingerprint density at radius 2 is 0.887 bits per heavy atom. The van der Waals surface area contributed by atoms with Crippen molar-refractivity contribution in [2.45, 2.75) is 86.0 Å². The lowest BCUT2D eigenvalue weighted by Crippen LogP contribution is -2.34. The second-order valence-corrected chi connectivity index (χ2v) is 20.5. The maximum absolute atomic E-state index is 11.9. The Morgan fingerprint density at radius 1 is 0.535 bits per heavy atom. The summed E-state index contributed by atoms with van der Waals surface area (Å²) in [6.45, 7) is 36.7. The number of rotatable bonds is 33. The monoisotopic (exact) mass is 1130 g/mol. The van der Waals surface area contributed by atoms with Crippen molar-refractivity contribution in [3.63, 3.8) is 0 Å². The molecule has 0 saturated heterocycles. The van der Waals surface area contributed by atoms with Crippen LogP contribution in [0.1, 0.15) is 61.8 Å². The summed E-state index contributed by atoms with van der Waals surface area (Å²) in [5.74, 6) is -1.87. The zero-order chi connectivity index (χ0) is 54.6. The average Bonchev–Trinajstić information content (AvgIpc) is 3.33. The molecule has 0 saturated carbocycles. The number of ketones is 1. The highest BCUT2D eigenvalue weighted by Gasteiger charge is 2.29. The summed E-state index contributed by atoms with van der Waals surface area (Å²) < 4.78 is 64.3. The van der Waals surface area contributed by atoms with E-state index in [0.717, 1.165) is 0 Å². The number of carbonyl (C=O) groups is 5. The van der Waals surface area contributed by atoms with Crippen LogP contribution in [0, 0.1) is 19.7 Å². The van der Waals surface area contributed by atoms with Crippen LogP contribution in [0.15, 0.2) is 30.3 Å². The molecule has 1 rings (SSSR count). The Balaban J connectivity index is -0.000000901. The van der Waals surface area contributed by atoms with E-state index in [2.05, 4.69) is 74.8 Å². The number of hydrogen-bond acceptors (Lipinski definition) is 20. The van der Waals surface area contributed by atoms with Crippen molar-refractivity contribution in [2.24, 2.45) is 0 Å². The molecule has 1 N–H and O–H groups in total. The summed E-state index contributed by atoms with van der Waals surface area (Å²) in [6.07, 6.45) is 0.143. The van der Waals surface area contributed by atoms with Gasteiger partial charge in [0.1, 0.15) is 38.8 Å². The molecule has 29 heteroatoms. The number of methoxy groups -OCH3 is 3. The highest BCUT2D eigenvalue weighted by molar-refractivity contribution is 7.76. The molecule has 71 heavy (non-hydrogen) atoms. The number of Topliss-reactive ketones (excluding diaryl/α,β-unsaturated/α-hetero) is 1. The van der Waals surface area contributed by atoms with E-state index in [9.17, 15) is 24.0 Å². The highest BCUT2D eigenvalue weighted by atomic mass is 35.7. The fourth-order valence-corrected chi connectivity index (χ4v) is 9.20. The SMILES string of the molecule is COC(=O)COP(Cl)OCC(=O)CO.[C-]#[N+]CCOP(Cl)OCC(=O)OC.[C-]#[N+]CCOP(OCC(=O)OC)N(C(C)C)C(C)C.[C-]#[N+]CCOP(OCCC(=O)Oc1ccccc1)N(C(C)C)C(C)C. The molecule has 0 aliphatic heterocycles. The lowest BCUT2D eigenvalue weighted by atomic mass is 10.3. The van der Waals surface area contributed by atoms with Crippen LogP contribution in [0.4, 0.5) is 0 Å². The van der Waals surface area contributed by atoms with Gasteiger partial charge in [-0.25, -0.2) is 43.4 Å². The van der Waals surface area contributed by atoms with Crippen LogP contribution in [-0.4, -0.2) is 169 Å². The number of para-hydroxylation sites is 1. The molecular weight excluding hydrogens is 1060 g/mol. The standard InChI is InChI=1S/C18H27N2O4P.C12H23N2O4P.C6H9ClNO4P.C6H10ClO6P/c1-15(2)20(16(3)4)25(23-14-12-19-5)22-13-11-18(21)24-17-9-7-6-8-10-17;1-10(2)14(11(3)4)19(17-8-7-13-5)18-9-12(15)16-6;1-8-3-4-11-13(7)12-5-6(9)10-2;1-11-6(10)4-13-14(7)12-3-5(9)2-8/h6-10,15-16H,11-14H2,1-4H3;10-11H,7-9H2,1-4,6H3;3-5H2,2H3;8H,2-4H2,1H3. The number of ether oxygens (including phenoxy) is 4. The number of halogens is 2. The van der Waals surface area contributed by atoms with E-state index < -0.39 is 62.8 Å². The fraction of sp³-hybridized carbons (Fsp3) is 0.667. The van der Waals surface area contributed by atoms with Crippen LogP contribution >= 0.6 is 55.0 Å².